The summed E-state index contributed by atoms with van der Waals surface area (Å²) in [7, 11) is 1.77. The van der Waals surface area contributed by atoms with Gasteiger partial charge in [0.2, 0.25) is 5.91 Å². The van der Waals surface area contributed by atoms with E-state index in [9.17, 15) is 9.59 Å². The highest BCUT2D eigenvalue weighted by Gasteiger charge is 2.39. The smallest absolute Gasteiger partial charge is 0.250 e. The molecular formula is C18H27N5O2. The molecule has 3 heterocycles. The number of carbonyl (C=O) groups is 1. The molecule has 2 atom stereocenters. The fourth-order valence-corrected chi connectivity index (χ4v) is 3.84. The van der Waals surface area contributed by atoms with Gasteiger partial charge in [-0.3, -0.25) is 24.7 Å². The van der Waals surface area contributed by atoms with E-state index < -0.39 is 0 Å². The van der Waals surface area contributed by atoms with Crippen molar-refractivity contribution >= 4 is 5.91 Å². The van der Waals surface area contributed by atoms with Crippen molar-refractivity contribution < 1.29 is 4.79 Å². The summed E-state index contributed by atoms with van der Waals surface area (Å²) in [6.07, 6.45) is 4.92. The first kappa shape index (κ1) is 16.8. The van der Waals surface area contributed by atoms with Gasteiger partial charge in [-0.2, -0.15) is 0 Å². The van der Waals surface area contributed by atoms with Gasteiger partial charge in [-0.15, -0.1) is 0 Å². The van der Waals surface area contributed by atoms with Gasteiger partial charge in [0.05, 0.1) is 0 Å². The standard InChI is InChI=1S/C18H27N5O2/c1-21-5-4-13(10-17(21)25)12-22-6-8-23(9-7-22)18-19-15(14-2-3-14)11-16(24)20-18/h4-5,10,14-15,18-19H,2-3,6-9,11-12H2,1H3,(H,20,24). The van der Waals surface area contributed by atoms with Gasteiger partial charge in [0.25, 0.3) is 5.56 Å². The summed E-state index contributed by atoms with van der Waals surface area (Å²) in [5.41, 5.74) is 1.10. The third-order valence-electron chi connectivity index (χ3n) is 5.61. The SMILES string of the molecule is Cn1ccc(CN2CCN(C3NC(=O)CC(C4CC4)N3)CC2)cc1=O. The van der Waals surface area contributed by atoms with Crippen LogP contribution in [0.3, 0.4) is 0 Å². The molecule has 0 aromatic carbocycles. The minimum absolute atomic E-state index is 0.0296. The lowest BCUT2D eigenvalue weighted by atomic mass is 10.1. The van der Waals surface area contributed by atoms with E-state index in [4.69, 9.17) is 0 Å². The summed E-state index contributed by atoms with van der Waals surface area (Å²) in [5.74, 6) is 0.860. The predicted molar refractivity (Wildman–Crippen MR) is 94.7 cm³/mol. The van der Waals surface area contributed by atoms with E-state index in [-0.39, 0.29) is 17.8 Å². The molecule has 2 unspecified atom stereocenters. The van der Waals surface area contributed by atoms with E-state index in [1.807, 2.05) is 12.3 Å². The third kappa shape index (κ3) is 3.94. The van der Waals surface area contributed by atoms with Gasteiger partial charge in [-0.1, -0.05) is 0 Å². The van der Waals surface area contributed by atoms with Crippen LogP contribution in [0.5, 0.6) is 0 Å². The Labute approximate surface area is 148 Å². The zero-order valence-corrected chi connectivity index (χ0v) is 14.8. The van der Waals surface area contributed by atoms with E-state index >= 15 is 0 Å². The zero-order chi connectivity index (χ0) is 17.4. The molecule has 1 saturated carbocycles. The number of rotatable bonds is 4. The number of hydrogen-bond acceptors (Lipinski definition) is 5. The number of nitrogens with zero attached hydrogens (tertiary/aromatic N) is 3. The molecule has 0 spiro atoms. The van der Waals surface area contributed by atoms with E-state index in [1.165, 1.54) is 12.8 Å². The molecule has 3 fully saturated rings. The van der Waals surface area contributed by atoms with Crippen molar-refractivity contribution in [3.63, 3.8) is 0 Å². The number of aryl methyl sites for hydroxylation is 1. The van der Waals surface area contributed by atoms with Crippen LogP contribution in [0.25, 0.3) is 0 Å². The summed E-state index contributed by atoms with van der Waals surface area (Å²) in [5, 5.41) is 6.72. The van der Waals surface area contributed by atoms with Gasteiger partial charge in [0.15, 0.2) is 0 Å². The number of pyridine rings is 1. The van der Waals surface area contributed by atoms with Gasteiger partial charge in [-0.25, -0.2) is 0 Å². The molecule has 7 nitrogen and oxygen atoms in total. The van der Waals surface area contributed by atoms with Crippen LogP contribution >= 0.6 is 0 Å². The molecule has 1 aromatic heterocycles. The van der Waals surface area contributed by atoms with Crippen LogP contribution in [-0.4, -0.2) is 58.8 Å². The fraction of sp³-hybridized carbons (Fsp3) is 0.667. The van der Waals surface area contributed by atoms with Crippen LogP contribution < -0.4 is 16.2 Å². The summed E-state index contributed by atoms with van der Waals surface area (Å²) >= 11 is 0. The Morgan fingerprint density at radius 3 is 2.60 bits per heavy atom. The Balaban J connectivity index is 1.31. The van der Waals surface area contributed by atoms with E-state index in [2.05, 4.69) is 20.4 Å². The number of nitrogens with one attached hydrogen (secondary N) is 2. The molecule has 25 heavy (non-hydrogen) atoms. The van der Waals surface area contributed by atoms with Crippen LogP contribution in [-0.2, 0) is 18.4 Å². The Morgan fingerprint density at radius 1 is 1.16 bits per heavy atom. The highest BCUT2D eigenvalue weighted by molar-refractivity contribution is 5.77. The summed E-state index contributed by atoms with van der Waals surface area (Å²) < 4.78 is 1.59. The molecule has 3 aliphatic rings. The molecule has 2 aliphatic heterocycles. The van der Waals surface area contributed by atoms with Gasteiger partial charge >= 0.3 is 0 Å². The molecular weight excluding hydrogens is 318 g/mol. The maximum Gasteiger partial charge on any atom is 0.250 e. The quantitative estimate of drug-likeness (QED) is 0.782. The first-order chi connectivity index (χ1) is 12.1. The lowest BCUT2D eigenvalue weighted by molar-refractivity contribution is -0.127. The highest BCUT2D eigenvalue weighted by atomic mass is 16.2. The summed E-state index contributed by atoms with van der Waals surface area (Å²) in [6, 6.07) is 4.07. The number of carbonyl (C=O) groups excluding carboxylic acids is 1. The molecule has 1 aliphatic carbocycles. The molecule has 4 rings (SSSR count). The molecule has 136 valence electrons. The number of aromatic nitrogens is 1. The highest BCUT2D eigenvalue weighted by Crippen LogP contribution is 2.35. The Bertz CT molecular complexity index is 691. The number of hydrogen-bond donors (Lipinski definition) is 2. The van der Waals surface area contributed by atoms with Crippen LogP contribution in [0, 0.1) is 5.92 Å². The van der Waals surface area contributed by atoms with Crippen molar-refractivity contribution in [2.45, 2.75) is 38.1 Å². The van der Waals surface area contributed by atoms with E-state index in [1.54, 1.807) is 17.7 Å². The largest absolute Gasteiger partial charge is 0.328 e. The van der Waals surface area contributed by atoms with E-state index in [0.717, 1.165) is 38.3 Å². The van der Waals surface area contributed by atoms with Gasteiger partial charge in [-0.05, 0) is 30.4 Å². The zero-order valence-electron chi connectivity index (χ0n) is 14.8. The fourth-order valence-electron chi connectivity index (χ4n) is 3.84. The van der Waals surface area contributed by atoms with Crippen molar-refractivity contribution in [2.24, 2.45) is 13.0 Å². The molecule has 7 heteroatoms. The average Bonchev–Trinajstić information content (AvgIpc) is 3.43. The first-order valence-corrected chi connectivity index (χ1v) is 9.26. The predicted octanol–water partition coefficient (Wildman–Crippen LogP) is -0.325. The minimum Gasteiger partial charge on any atom is -0.328 e. The molecule has 0 radical (unpaired) electrons. The molecule has 1 aromatic rings. The lowest BCUT2D eigenvalue weighted by Gasteiger charge is -2.43. The lowest BCUT2D eigenvalue weighted by Crippen LogP contribution is -2.66. The number of piperazine rings is 1. The van der Waals surface area contributed by atoms with E-state index in [0.29, 0.717) is 18.4 Å². The first-order valence-electron chi connectivity index (χ1n) is 9.26. The van der Waals surface area contributed by atoms with Crippen molar-refractivity contribution in [1.82, 2.24) is 25.0 Å². The van der Waals surface area contributed by atoms with Gasteiger partial charge in [0.1, 0.15) is 6.29 Å². The monoisotopic (exact) mass is 345 g/mol. The van der Waals surface area contributed by atoms with Crippen molar-refractivity contribution in [1.29, 1.82) is 0 Å². The second kappa shape index (κ2) is 6.90. The molecule has 0 bridgehead atoms. The maximum atomic E-state index is 12.0. The van der Waals surface area contributed by atoms with Crippen LogP contribution in [0.2, 0.25) is 0 Å². The van der Waals surface area contributed by atoms with Gasteiger partial charge < -0.3 is 9.88 Å². The Hall–Kier alpha value is -1.70. The topological polar surface area (TPSA) is 69.6 Å². The minimum atomic E-state index is -0.0296. The van der Waals surface area contributed by atoms with Crippen molar-refractivity contribution in [3.05, 3.63) is 34.2 Å². The van der Waals surface area contributed by atoms with Gasteiger partial charge in [0, 0.05) is 64.5 Å². The van der Waals surface area contributed by atoms with Crippen LogP contribution in [0.15, 0.2) is 23.1 Å². The second-order valence-electron chi connectivity index (χ2n) is 7.58. The van der Waals surface area contributed by atoms with Crippen molar-refractivity contribution in [3.8, 4) is 0 Å². The summed E-state index contributed by atoms with van der Waals surface area (Å²) in [6.45, 7) is 4.52. The maximum absolute atomic E-state index is 12.0. The second-order valence-corrected chi connectivity index (χ2v) is 7.58. The van der Waals surface area contributed by atoms with Crippen LogP contribution in [0.4, 0.5) is 0 Å². The Kier molecular flexibility index (Phi) is 4.62. The number of amides is 1. The third-order valence-corrected chi connectivity index (χ3v) is 5.61. The average molecular weight is 345 g/mol. The normalized spacial score (nSPS) is 28.8. The molecule has 2 saturated heterocycles. The van der Waals surface area contributed by atoms with Crippen molar-refractivity contribution in [2.75, 3.05) is 26.2 Å². The van der Waals surface area contributed by atoms with Crippen LogP contribution in [0.1, 0.15) is 24.8 Å². The molecule has 2 N–H and O–H groups in total. The summed E-state index contributed by atoms with van der Waals surface area (Å²) in [4.78, 5) is 28.4. The molecule has 1 amide bonds. The Morgan fingerprint density at radius 2 is 1.92 bits per heavy atom.